The van der Waals surface area contributed by atoms with Crippen LogP contribution >= 0.6 is 0 Å². The third kappa shape index (κ3) is 18.3. The van der Waals surface area contributed by atoms with Crippen LogP contribution in [0.25, 0.3) is 6.08 Å². The van der Waals surface area contributed by atoms with Gasteiger partial charge in [0.25, 0.3) is 0 Å². The van der Waals surface area contributed by atoms with Gasteiger partial charge in [0.15, 0.2) is 24.1 Å². The summed E-state index contributed by atoms with van der Waals surface area (Å²) in [6.45, 7) is 3.72. The van der Waals surface area contributed by atoms with E-state index in [0.29, 0.717) is 5.56 Å². The zero-order valence-electron chi connectivity index (χ0n) is 45.9. The van der Waals surface area contributed by atoms with E-state index in [1.165, 1.54) is 58.4 Å². The number of carbonyl (C=O) groups is 3. The number of benzene rings is 1. The highest BCUT2D eigenvalue weighted by atomic mass is 16.8. The highest BCUT2D eigenvalue weighted by molar-refractivity contribution is 5.89. The molecule has 4 saturated heterocycles. The molecule has 4 aliphatic heterocycles. The summed E-state index contributed by atoms with van der Waals surface area (Å²) in [7, 11) is 2.65. The number of allylic oxidation sites excluding steroid dienone is 12. The van der Waals surface area contributed by atoms with E-state index < -0.39 is 167 Å². The topological polar surface area (TPSA) is 436 Å². The third-order valence-corrected chi connectivity index (χ3v) is 13.3. The minimum Gasteiger partial charge on any atom is -0.502 e. The van der Waals surface area contributed by atoms with Crippen LogP contribution < -0.4 is 9.47 Å². The molecule has 0 saturated carbocycles. The Morgan fingerprint density at radius 2 is 0.831 bits per heavy atom. The molecule has 4 aliphatic rings. The fraction of sp³-hybridized carbons (Fsp3) is 0.545. The lowest BCUT2D eigenvalue weighted by atomic mass is 9.98. The summed E-state index contributed by atoms with van der Waals surface area (Å²) in [5, 5.41) is 145. The highest BCUT2D eigenvalue weighted by Gasteiger charge is 2.50. The SMILES string of the molecule is COc1cc(/C=C/C(=O)OC[C@H]2O[C@@H](OC[C@H]3O[C@@H](OC(=O)/C(C)=C/C=C/C(C)=C/C=C/C=C(C)/C=C/C=C(\C)C(=O)O[C@@H]4O[C@H](CO[C@@H]5O[C@H](CO)[C@@H](O)[C@H](O)[C@H]5O)[C@@H](O)[C@H](O)[C@H]4O)[C@H](O)[C@@H](O)[C@@H]3O)[C@H](O)[C@@H](O)[C@@H]2O)cc(OC)c1O. The summed E-state index contributed by atoms with van der Waals surface area (Å²) in [5.41, 5.74) is 1.98. The molecule has 4 fully saturated rings. The Labute approximate surface area is 476 Å². The summed E-state index contributed by atoms with van der Waals surface area (Å²) in [6.07, 6.45) is -15.8. The van der Waals surface area contributed by atoms with Crippen molar-refractivity contribution in [2.24, 2.45) is 0 Å². The predicted octanol–water partition coefficient (Wildman–Crippen LogP) is -3.24. The molecule has 0 aromatic heterocycles. The van der Waals surface area contributed by atoms with E-state index in [4.69, 9.17) is 52.1 Å². The lowest BCUT2D eigenvalue weighted by Crippen LogP contribution is -2.62. The van der Waals surface area contributed by atoms with Gasteiger partial charge in [0.05, 0.1) is 34.0 Å². The van der Waals surface area contributed by atoms with Crippen LogP contribution in [0.5, 0.6) is 17.2 Å². The van der Waals surface area contributed by atoms with Gasteiger partial charge in [-0.15, -0.1) is 0 Å². The fourth-order valence-corrected chi connectivity index (χ4v) is 8.21. The smallest absolute Gasteiger partial charge is 0.336 e. The first-order valence-electron chi connectivity index (χ1n) is 25.9. The van der Waals surface area contributed by atoms with Gasteiger partial charge >= 0.3 is 17.9 Å². The Bertz CT molecular complexity index is 2550. The van der Waals surface area contributed by atoms with E-state index in [9.17, 15) is 85.9 Å². The highest BCUT2D eigenvalue weighted by Crippen LogP contribution is 2.37. The number of ether oxygens (including phenoxy) is 11. The van der Waals surface area contributed by atoms with Crippen LogP contribution in [-0.4, -0.2) is 253 Å². The van der Waals surface area contributed by atoms with Gasteiger partial charge in [-0.2, -0.15) is 0 Å². The molecule has 0 spiro atoms. The van der Waals surface area contributed by atoms with Gasteiger partial charge in [-0.25, -0.2) is 14.4 Å². The number of hydrogen-bond acceptors (Lipinski definition) is 28. The van der Waals surface area contributed by atoms with E-state index in [1.807, 2.05) is 0 Å². The second kappa shape index (κ2) is 31.9. The Kier molecular flexibility index (Phi) is 26.1. The minimum atomic E-state index is -1.92. The Morgan fingerprint density at radius 3 is 1.23 bits per heavy atom. The van der Waals surface area contributed by atoms with Gasteiger partial charge in [-0.05, 0) is 51.5 Å². The molecule has 28 heteroatoms. The van der Waals surface area contributed by atoms with E-state index in [-0.39, 0.29) is 28.4 Å². The molecule has 0 bridgehead atoms. The van der Waals surface area contributed by atoms with Crippen molar-refractivity contribution in [3.63, 3.8) is 0 Å². The van der Waals surface area contributed by atoms with Crippen molar-refractivity contribution in [1.29, 1.82) is 0 Å². The van der Waals surface area contributed by atoms with Crippen LogP contribution in [0.15, 0.2) is 101 Å². The zero-order chi connectivity index (χ0) is 61.4. The zero-order valence-corrected chi connectivity index (χ0v) is 45.9. The van der Waals surface area contributed by atoms with Gasteiger partial charge in [-0.3, -0.25) is 0 Å². The summed E-state index contributed by atoms with van der Waals surface area (Å²) in [5.74, 6) is -2.93. The average molecular weight is 1180 g/mol. The monoisotopic (exact) mass is 1180 g/mol. The van der Waals surface area contributed by atoms with E-state index >= 15 is 0 Å². The Hall–Kier alpha value is -5.81. The molecule has 14 N–H and O–H groups in total. The number of esters is 3. The number of methoxy groups -OCH3 is 2. The van der Waals surface area contributed by atoms with Gasteiger partial charge in [-0.1, -0.05) is 71.9 Å². The first-order valence-corrected chi connectivity index (χ1v) is 25.9. The fourth-order valence-electron chi connectivity index (χ4n) is 8.21. The number of rotatable bonds is 23. The number of phenolic OH excluding ortho intramolecular Hbond substituents is 1. The number of aromatic hydroxyl groups is 1. The summed E-state index contributed by atoms with van der Waals surface area (Å²) in [4.78, 5) is 38.5. The first kappa shape index (κ1) is 68.0. The van der Waals surface area contributed by atoms with Gasteiger partial charge in [0, 0.05) is 17.2 Å². The number of aliphatic hydroxyl groups excluding tert-OH is 13. The second-order valence-electron chi connectivity index (χ2n) is 19.6. The maximum atomic E-state index is 13.0. The van der Waals surface area contributed by atoms with Crippen molar-refractivity contribution in [3.05, 3.63) is 107 Å². The van der Waals surface area contributed by atoms with Crippen molar-refractivity contribution in [1.82, 2.24) is 0 Å². The number of carbonyl (C=O) groups excluding carboxylic acids is 3. The van der Waals surface area contributed by atoms with Crippen LogP contribution in [0.4, 0.5) is 0 Å². The minimum absolute atomic E-state index is 0.0383. The number of aliphatic hydroxyl groups is 13. The molecule has 28 nitrogen and oxygen atoms in total. The lowest BCUT2D eigenvalue weighted by Gasteiger charge is -2.42. The van der Waals surface area contributed by atoms with E-state index in [0.717, 1.165) is 17.2 Å². The normalized spacial score (nSPS) is 35.1. The number of hydrogen-bond donors (Lipinski definition) is 14. The second-order valence-corrected chi connectivity index (χ2v) is 19.6. The number of phenols is 1. The van der Waals surface area contributed by atoms with Crippen LogP contribution in [-0.2, 0) is 57.0 Å². The molecule has 5 rings (SSSR count). The van der Waals surface area contributed by atoms with Crippen molar-refractivity contribution >= 4 is 24.0 Å². The van der Waals surface area contributed by atoms with Crippen molar-refractivity contribution in [2.75, 3.05) is 40.6 Å². The molecule has 462 valence electrons. The molecule has 83 heavy (non-hydrogen) atoms. The maximum absolute atomic E-state index is 13.0. The largest absolute Gasteiger partial charge is 0.502 e. The Morgan fingerprint density at radius 1 is 0.470 bits per heavy atom. The average Bonchev–Trinajstić information content (AvgIpc) is 3.67. The Balaban J connectivity index is 1.06. The standard InChI is InChI=1S/C55H74O28/c1-25(13-9-15-27(3)50(71)82-54-48(69)44(65)40(61)34(80-54)23-76-52-46(67)42(63)38(59)32(21-56)78-52)11-7-8-12-26(2)14-10-16-28(4)51(72)83-55-49(70)45(66)41(62)35(81-55)24-77-53-47(68)43(64)39(60)33(79-53)22-75-36(57)18-17-29-19-30(73-5)37(58)31(20-29)74-6/h7-20,32-35,38-49,52-56,58-70H,21-24H2,1-6H3/b8-7+,13-9+,14-10+,18-17+,25-11+,26-12+,27-15+,28-16+/t32-,33-,34-,35-,38-,39-,40-,41-,42+,43+,44+,45+,46-,47-,48-,49-,52-,53-,54+,55+/m1/s1. The maximum Gasteiger partial charge on any atom is 0.336 e. The molecule has 1 aromatic rings. The van der Waals surface area contributed by atoms with Crippen LogP contribution in [0.3, 0.4) is 0 Å². The van der Waals surface area contributed by atoms with Crippen molar-refractivity contribution in [2.45, 2.75) is 151 Å². The molecular weight excluding hydrogens is 1110 g/mol. The molecule has 1 aromatic carbocycles. The van der Waals surface area contributed by atoms with Crippen molar-refractivity contribution < 1.29 is 138 Å². The molecule has 0 aliphatic carbocycles. The van der Waals surface area contributed by atoms with E-state index in [1.54, 1.807) is 62.5 Å². The lowest BCUT2D eigenvalue weighted by molar-refractivity contribution is -0.326. The van der Waals surface area contributed by atoms with Gasteiger partial charge in [0.1, 0.15) is 104 Å². The summed E-state index contributed by atoms with van der Waals surface area (Å²) in [6, 6.07) is 2.84. The quantitative estimate of drug-likeness (QED) is 0.0222. The summed E-state index contributed by atoms with van der Waals surface area (Å²) >= 11 is 0. The molecule has 0 amide bonds. The van der Waals surface area contributed by atoms with Crippen LogP contribution in [0, 0.1) is 0 Å². The van der Waals surface area contributed by atoms with E-state index in [2.05, 4.69) is 0 Å². The molecule has 20 atom stereocenters. The molecule has 0 radical (unpaired) electrons. The molecular formula is C55H74O28. The van der Waals surface area contributed by atoms with Crippen molar-refractivity contribution in [3.8, 4) is 17.2 Å². The van der Waals surface area contributed by atoms with Gasteiger partial charge < -0.3 is 124 Å². The molecule has 0 unspecified atom stereocenters. The third-order valence-electron chi connectivity index (χ3n) is 13.3. The summed E-state index contributed by atoms with van der Waals surface area (Å²) < 4.78 is 58.8. The van der Waals surface area contributed by atoms with Gasteiger partial charge in [0.2, 0.25) is 18.3 Å². The first-order chi connectivity index (χ1) is 39.3. The predicted molar refractivity (Wildman–Crippen MR) is 282 cm³/mol. The molecule has 4 heterocycles. The van der Waals surface area contributed by atoms with Crippen LogP contribution in [0.2, 0.25) is 0 Å². The van der Waals surface area contributed by atoms with Crippen LogP contribution in [0.1, 0.15) is 33.3 Å².